The van der Waals surface area contributed by atoms with Gasteiger partial charge in [0.1, 0.15) is 17.7 Å². The van der Waals surface area contributed by atoms with Gasteiger partial charge in [-0.3, -0.25) is 14.3 Å². The second-order valence-electron chi connectivity index (χ2n) is 8.48. The van der Waals surface area contributed by atoms with E-state index in [4.69, 9.17) is 4.74 Å². The molecule has 180 valence electrons. The third-order valence-electron chi connectivity index (χ3n) is 6.09. The summed E-state index contributed by atoms with van der Waals surface area (Å²) in [4.78, 5) is 28.4. The van der Waals surface area contributed by atoms with Crippen molar-refractivity contribution in [3.63, 3.8) is 0 Å². The zero-order valence-electron chi connectivity index (χ0n) is 19.3. The van der Waals surface area contributed by atoms with E-state index in [0.717, 1.165) is 11.3 Å². The molecule has 1 aliphatic heterocycles. The van der Waals surface area contributed by atoms with Crippen LogP contribution in [0.15, 0.2) is 41.3 Å². The zero-order valence-corrected chi connectivity index (χ0v) is 19.3. The summed E-state index contributed by atoms with van der Waals surface area (Å²) < 4.78 is 46.5. The maximum absolute atomic E-state index is 13.0. The van der Waals surface area contributed by atoms with Gasteiger partial charge in [0.25, 0.3) is 5.56 Å². The van der Waals surface area contributed by atoms with Crippen molar-refractivity contribution in [3.05, 3.63) is 69.7 Å². The average molecular weight is 473 g/mol. The molecule has 4 heterocycles. The van der Waals surface area contributed by atoms with Crippen molar-refractivity contribution in [2.75, 3.05) is 24.6 Å². The number of alkyl halides is 3. The Kier molecular flexibility index (Phi) is 6.44. The smallest absolute Gasteiger partial charge is 0.370 e. The number of aromatic nitrogens is 4. The molecule has 1 unspecified atom stereocenters. The van der Waals surface area contributed by atoms with E-state index in [2.05, 4.69) is 21.5 Å². The fourth-order valence-corrected chi connectivity index (χ4v) is 4.03. The van der Waals surface area contributed by atoms with Gasteiger partial charge in [-0.2, -0.15) is 13.2 Å². The van der Waals surface area contributed by atoms with Crippen LogP contribution in [0.25, 0.3) is 10.9 Å². The molecule has 0 N–H and O–H groups in total. The Morgan fingerprint density at radius 1 is 1.26 bits per heavy atom. The van der Waals surface area contributed by atoms with E-state index in [0.29, 0.717) is 36.9 Å². The number of nitrogens with zero attached hydrogens (tertiary/aromatic N) is 5. The largest absolute Gasteiger partial charge is 0.412 e. The molecular weight excluding hydrogens is 447 g/mol. The standard InChI is InChI=1S/C24H26F3N5O2/c1-14(24(25,26)27)5-6-18-22-19(29-16(3)31(4)23(22)33)12-21(30-18)32-9-10-34-20(13-32)17-7-8-28-15(2)11-17/h7-8,11-12,20H,1,5-6,9-10,13H2,2-4H3. The predicted octanol–water partition coefficient (Wildman–Crippen LogP) is 3.97. The third-order valence-corrected chi connectivity index (χ3v) is 6.09. The number of fused-ring (bicyclic) bond motifs is 1. The van der Waals surface area contributed by atoms with Gasteiger partial charge in [-0.25, -0.2) is 9.97 Å². The summed E-state index contributed by atoms with van der Waals surface area (Å²) in [5.74, 6) is 1.06. The van der Waals surface area contributed by atoms with Gasteiger partial charge in [-0.15, -0.1) is 0 Å². The molecule has 0 saturated carbocycles. The molecule has 34 heavy (non-hydrogen) atoms. The molecule has 0 amide bonds. The summed E-state index contributed by atoms with van der Waals surface area (Å²) in [7, 11) is 1.58. The summed E-state index contributed by atoms with van der Waals surface area (Å²) in [6.07, 6.45) is -3.39. The third kappa shape index (κ3) is 4.82. The monoisotopic (exact) mass is 473 g/mol. The Bertz CT molecular complexity index is 1300. The zero-order chi connectivity index (χ0) is 24.6. The summed E-state index contributed by atoms with van der Waals surface area (Å²) in [5.41, 5.74) is 1.38. The van der Waals surface area contributed by atoms with Gasteiger partial charge < -0.3 is 9.64 Å². The number of rotatable bonds is 5. The molecule has 0 radical (unpaired) electrons. The maximum atomic E-state index is 13.0. The number of morpholine rings is 1. The lowest BCUT2D eigenvalue weighted by Crippen LogP contribution is -2.39. The van der Waals surface area contributed by atoms with Crippen molar-refractivity contribution in [1.29, 1.82) is 0 Å². The lowest BCUT2D eigenvalue weighted by Gasteiger charge is -2.34. The van der Waals surface area contributed by atoms with Crippen LogP contribution in [0.2, 0.25) is 0 Å². The first-order valence-corrected chi connectivity index (χ1v) is 11.0. The predicted molar refractivity (Wildman–Crippen MR) is 123 cm³/mol. The molecule has 1 fully saturated rings. The number of allylic oxidation sites excluding steroid dienone is 1. The molecule has 0 bridgehead atoms. The summed E-state index contributed by atoms with van der Waals surface area (Å²) in [5, 5.41) is 0.237. The van der Waals surface area contributed by atoms with Crippen LogP contribution < -0.4 is 10.5 Å². The van der Waals surface area contributed by atoms with E-state index in [1.165, 1.54) is 4.57 Å². The van der Waals surface area contributed by atoms with Gasteiger partial charge in [-0.1, -0.05) is 6.58 Å². The minimum Gasteiger partial charge on any atom is -0.370 e. The Labute approximate surface area is 194 Å². The molecule has 4 rings (SSSR count). The number of halogens is 3. The Morgan fingerprint density at radius 2 is 2.03 bits per heavy atom. The fraction of sp³-hybridized carbons (Fsp3) is 0.417. The van der Waals surface area contributed by atoms with E-state index in [9.17, 15) is 18.0 Å². The maximum Gasteiger partial charge on any atom is 0.412 e. The Morgan fingerprint density at radius 3 is 2.74 bits per heavy atom. The summed E-state index contributed by atoms with van der Waals surface area (Å²) in [6.45, 7) is 8.28. The summed E-state index contributed by atoms with van der Waals surface area (Å²) >= 11 is 0. The number of hydrogen-bond acceptors (Lipinski definition) is 6. The molecule has 0 spiro atoms. The van der Waals surface area contributed by atoms with E-state index in [1.807, 2.05) is 24.0 Å². The topological polar surface area (TPSA) is 73.1 Å². The van der Waals surface area contributed by atoms with Crippen LogP contribution in [0.5, 0.6) is 0 Å². The molecule has 3 aromatic heterocycles. The van der Waals surface area contributed by atoms with Crippen molar-refractivity contribution in [2.24, 2.45) is 7.05 Å². The van der Waals surface area contributed by atoms with Crippen LogP contribution >= 0.6 is 0 Å². The first-order chi connectivity index (χ1) is 16.0. The minimum absolute atomic E-state index is 0.0695. The van der Waals surface area contributed by atoms with Gasteiger partial charge in [0.05, 0.1) is 23.2 Å². The second-order valence-corrected chi connectivity index (χ2v) is 8.48. The van der Waals surface area contributed by atoms with Gasteiger partial charge >= 0.3 is 6.18 Å². The average Bonchev–Trinajstić information content (AvgIpc) is 2.80. The number of hydrogen-bond donors (Lipinski definition) is 0. The van der Waals surface area contributed by atoms with Crippen molar-refractivity contribution in [3.8, 4) is 0 Å². The van der Waals surface area contributed by atoms with Crippen molar-refractivity contribution >= 4 is 16.7 Å². The number of anilines is 1. The van der Waals surface area contributed by atoms with Crippen LogP contribution in [0.3, 0.4) is 0 Å². The Hall–Kier alpha value is -3.27. The van der Waals surface area contributed by atoms with E-state index >= 15 is 0 Å². The van der Waals surface area contributed by atoms with Gasteiger partial charge in [0.15, 0.2) is 0 Å². The van der Waals surface area contributed by atoms with Gasteiger partial charge in [-0.05, 0) is 44.4 Å². The SMILES string of the molecule is C=C(CCc1nc(N2CCOC(c3ccnc(C)c3)C2)cc2nc(C)n(C)c(=O)c12)C(F)(F)F. The highest BCUT2D eigenvalue weighted by Crippen LogP contribution is 2.30. The lowest BCUT2D eigenvalue weighted by atomic mass is 10.1. The number of ether oxygens (including phenoxy) is 1. The van der Waals surface area contributed by atoms with Crippen LogP contribution in [-0.4, -0.2) is 45.4 Å². The molecule has 1 saturated heterocycles. The first-order valence-electron chi connectivity index (χ1n) is 11.0. The molecule has 10 heteroatoms. The first kappa shape index (κ1) is 23.9. The molecule has 0 aromatic carbocycles. The highest BCUT2D eigenvalue weighted by atomic mass is 19.4. The highest BCUT2D eigenvalue weighted by Gasteiger charge is 2.32. The summed E-state index contributed by atoms with van der Waals surface area (Å²) in [6, 6.07) is 5.59. The molecular formula is C24H26F3N5O2. The second kappa shape index (κ2) is 9.17. The van der Waals surface area contributed by atoms with E-state index in [1.54, 1.807) is 26.2 Å². The van der Waals surface area contributed by atoms with Crippen molar-refractivity contribution < 1.29 is 17.9 Å². The van der Waals surface area contributed by atoms with Crippen molar-refractivity contribution in [2.45, 2.75) is 39.0 Å². The Balaban J connectivity index is 1.73. The van der Waals surface area contributed by atoms with E-state index in [-0.39, 0.29) is 35.6 Å². The van der Waals surface area contributed by atoms with Crippen LogP contribution in [0.1, 0.15) is 35.3 Å². The molecule has 0 aliphatic carbocycles. The number of aryl methyl sites for hydroxylation is 3. The molecule has 7 nitrogen and oxygen atoms in total. The molecule has 1 aliphatic rings. The fourth-order valence-electron chi connectivity index (χ4n) is 4.03. The van der Waals surface area contributed by atoms with Crippen LogP contribution in [-0.2, 0) is 18.2 Å². The molecule has 3 aromatic rings. The van der Waals surface area contributed by atoms with Crippen molar-refractivity contribution in [1.82, 2.24) is 19.5 Å². The van der Waals surface area contributed by atoms with E-state index < -0.39 is 11.7 Å². The van der Waals surface area contributed by atoms with Gasteiger partial charge in [0.2, 0.25) is 0 Å². The highest BCUT2D eigenvalue weighted by molar-refractivity contribution is 5.83. The lowest BCUT2D eigenvalue weighted by molar-refractivity contribution is -0.0935. The quantitative estimate of drug-likeness (QED) is 0.522. The minimum atomic E-state index is -4.49. The van der Waals surface area contributed by atoms with Gasteiger partial charge in [0, 0.05) is 43.7 Å². The number of pyridine rings is 2. The van der Waals surface area contributed by atoms with Crippen LogP contribution in [0, 0.1) is 13.8 Å². The normalized spacial score (nSPS) is 16.8. The van der Waals surface area contributed by atoms with Crippen LogP contribution in [0.4, 0.5) is 19.0 Å². The molecule has 1 atom stereocenters.